The van der Waals surface area contributed by atoms with Gasteiger partial charge in [-0.25, -0.2) is 0 Å². The molecule has 2 aliphatic rings. The molecule has 0 bridgehead atoms. The van der Waals surface area contributed by atoms with Crippen LogP contribution in [0.3, 0.4) is 0 Å². The largest absolute Gasteiger partial charge is 0.492 e. The Labute approximate surface area is 213 Å². The summed E-state index contributed by atoms with van der Waals surface area (Å²) in [6, 6.07) is 10.0. The molecule has 2 aliphatic heterocycles. The van der Waals surface area contributed by atoms with E-state index in [9.17, 15) is 4.79 Å². The topological polar surface area (TPSA) is 105 Å². The maximum atomic E-state index is 12.9. The lowest BCUT2D eigenvalue weighted by Gasteiger charge is -2.40. The summed E-state index contributed by atoms with van der Waals surface area (Å²) >= 11 is 0. The van der Waals surface area contributed by atoms with E-state index in [4.69, 9.17) is 20.6 Å². The van der Waals surface area contributed by atoms with Gasteiger partial charge in [0.25, 0.3) is 0 Å². The Kier molecular flexibility index (Phi) is 9.82. The molecule has 0 saturated carbocycles. The highest BCUT2D eigenvalue weighted by Crippen LogP contribution is 2.36. The maximum Gasteiger partial charge on any atom is 0.315 e. The van der Waals surface area contributed by atoms with Crippen molar-refractivity contribution in [1.29, 1.82) is 5.41 Å². The minimum absolute atomic E-state index is 0. The van der Waals surface area contributed by atoms with E-state index in [1.54, 1.807) is 12.4 Å². The van der Waals surface area contributed by atoms with Crippen LogP contribution in [0.1, 0.15) is 30.9 Å². The number of nitrogens with one attached hydrogen (secondary N) is 1. The lowest BCUT2D eigenvalue weighted by atomic mass is 9.79. The highest BCUT2D eigenvalue weighted by Gasteiger charge is 2.44. The minimum Gasteiger partial charge on any atom is -0.492 e. The Balaban J connectivity index is 0.00000204. The van der Waals surface area contributed by atoms with Crippen LogP contribution in [-0.2, 0) is 22.5 Å². The zero-order valence-corrected chi connectivity index (χ0v) is 21.0. The third-order valence-corrected chi connectivity index (χ3v) is 6.50. The van der Waals surface area contributed by atoms with Crippen molar-refractivity contribution in [2.45, 2.75) is 32.7 Å². The number of aromatic nitrogens is 1. The Morgan fingerprint density at radius 1 is 1.12 bits per heavy atom. The molecule has 1 saturated heterocycles. The van der Waals surface area contributed by atoms with Gasteiger partial charge in [-0.05, 0) is 61.6 Å². The van der Waals surface area contributed by atoms with Gasteiger partial charge in [0.1, 0.15) is 17.8 Å². The fraction of sp³-hybridized carbons (Fsp3) is 0.458. The molecule has 3 N–H and O–H groups in total. The Morgan fingerprint density at radius 3 is 2.47 bits per heavy atom. The van der Waals surface area contributed by atoms with Crippen molar-refractivity contribution in [3.05, 3.63) is 53.9 Å². The van der Waals surface area contributed by atoms with Crippen LogP contribution in [0.5, 0.6) is 5.75 Å². The summed E-state index contributed by atoms with van der Waals surface area (Å²) in [6.45, 7) is 5.39. The molecule has 2 aromatic rings. The van der Waals surface area contributed by atoms with Crippen LogP contribution in [0.15, 0.2) is 42.7 Å². The number of hydrogen-bond donors (Lipinski definition) is 2. The van der Waals surface area contributed by atoms with Crippen molar-refractivity contribution < 1.29 is 14.3 Å². The molecule has 10 heteroatoms. The quantitative estimate of drug-likeness (QED) is 0.349. The second-order valence-corrected chi connectivity index (χ2v) is 8.47. The first-order valence-corrected chi connectivity index (χ1v) is 11.2. The number of nitrogens with zero attached hydrogens (tertiary/aromatic N) is 3. The summed E-state index contributed by atoms with van der Waals surface area (Å²) < 4.78 is 11.6. The molecule has 1 aromatic carbocycles. The first kappa shape index (κ1) is 27.5. The average molecular weight is 510 g/mol. The summed E-state index contributed by atoms with van der Waals surface area (Å²) in [5.41, 5.74) is 8.46. The van der Waals surface area contributed by atoms with Gasteiger partial charge in [-0.3, -0.25) is 15.2 Å². The van der Waals surface area contributed by atoms with Gasteiger partial charge < -0.3 is 25.0 Å². The van der Waals surface area contributed by atoms with Gasteiger partial charge in [0.05, 0.1) is 6.61 Å². The molecule has 34 heavy (non-hydrogen) atoms. The smallest absolute Gasteiger partial charge is 0.315 e. The summed E-state index contributed by atoms with van der Waals surface area (Å²) in [5.74, 6) is 0.690. The minimum atomic E-state index is -0.652. The second-order valence-electron chi connectivity index (χ2n) is 8.47. The molecule has 0 spiro atoms. The molecule has 0 atom stereocenters. The first-order valence-electron chi connectivity index (χ1n) is 11.2. The maximum absolute atomic E-state index is 12.9. The van der Waals surface area contributed by atoms with Crippen LogP contribution < -0.4 is 15.4 Å². The standard InChI is InChI=1S/C24H31N5O3.2ClH/c1-2-31-22(30)24(8-13-28(14-9-24)20-5-10-27-11-6-20)17-32-21-4-3-19-16-29(23(25)26)12-7-18(19)15-21;;/h3-6,10-11,15H,2,7-9,12-14,16-17H2,1H3,(H3,25,26);2*1H. The third kappa shape index (κ3) is 6.04. The molecule has 186 valence electrons. The lowest BCUT2D eigenvalue weighted by Crippen LogP contribution is -2.48. The normalized spacial score (nSPS) is 16.4. The average Bonchev–Trinajstić information content (AvgIpc) is 2.83. The number of piperidine rings is 1. The van der Waals surface area contributed by atoms with Crippen LogP contribution in [0.4, 0.5) is 5.69 Å². The number of ether oxygens (including phenoxy) is 2. The number of hydrogen-bond acceptors (Lipinski definition) is 6. The third-order valence-electron chi connectivity index (χ3n) is 6.50. The van der Waals surface area contributed by atoms with Gasteiger partial charge in [0.15, 0.2) is 5.96 Å². The molecule has 8 nitrogen and oxygen atoms in total. The predicted molar refractivity (Wildman–Crippen MR) is 137 cm³/mol. The summed E-state index contributed by atoms with van der Waals surface area (Å²) in [5, 5.41) is 7.65. The highest BCUT2D eigenvalue weighted by atomic mass is 35.5. The van der Waals surface area contributed by atoms with Gasteiger partial charge in [-0.1, -0.05) is 6.07 Å². The SMILES string of the molecule is CCOC(=O)C1(COc2ccc3c(c2)CCN(C(=N)N)C3)CCN(c2ccncc2)CC1.Cl.Cl. The first-order chi connectivity index (χ1) is 15.5. The van der Waals surface area contributed by atoms with Crippen LogP contribution in [0.2, 0.25) is 0 Å². The van der Waals surface area contributed by atoms with E-state index in [0.29, 0.717) is 32.6 Å². The van der Waals surface area contributed by atoms with Crippen molar-refractivity contribution >= 4 is 42.4 Å². The fourth-order valence-electron chi connectivity index (χ4n) is 4.49. The molecule has 1 aromatic heterocycles. The fourth-order valence-corrected chi connectivity index (χ4v) is 4.49. The van der Waals surface area contributed by atoms with Crippen LogP contribution in [-0.4, -0.2) is 54.7 Å². The number of pyridine rings is 1. The van der Waals surface area contributed by atoms with E-state index in [0.717, 1.165) is 43.1 Å². The Bertz CT molecular complexity index is 968. The zero-order valence-electron chi connectivity index (χ0n) is 19.4. The number of guanidine groups is 1. The Morgan fingerprint density at radius 2 is 1.82 bits per heavy atom. The summed E-state index contributed by atoms with van der Waals surface area (Å²) in [4.78, 5) is 21.2. The summed E-state index contributed by atoms with van der Waals surface area (Å²) in [7, 11) is 0. The summed E-state index contributed by atoms with van der Waals surface area (Å²) in [6.07, 6.45) is 5.74. The number of carbonyl (C=O) groups is 1. The van der Waals surface area contributed by atoms with Gasteiger partial charge in [0, 0.05) is 44.3 Å². The van der Waals surface area contributed by atoms with E-state index >= 15 is 0 Å². The molecule has 3 heterocycles. The number of nitrogens with two attached hydrogens (primary N) is 1. The van der Waals surface area contributed by atoms with Crippen molar-refractivity contribution in [1.82, 2.24) is 9.88 Å². The number of halogens is 2. The monoisotopic (exact) mass is 509 g/mol. The van der Waals surface area contributed by atoms with Gasteiger partial charge >= 0.3 is 5.97 Å². The molecular weight excluding hydrogens is 477 g/mol. The van der Waals surface area contributed by atoms with E-state index in [1.165, 1.54) is 5.56 Å². The Hall–Kier alpha value is -2.71. The van der Waals surface area contributed by atoms with Crippen molar-refractivity contribution in [2.75, 3.05) is 37.7 Å². The van der Waals surface area contributed by atoms with E-state index in [1.807, 2.05) is 36.1 Å². The van der Waals surface area contributed by atoms with Crippen molar-refractivity contribution in [3.63, 3.8) is 0 Å². The number of esters is 1. The van der Waals surface area contributed by atoms with Crippen molar-refractivity contribution in [3.8, 4) is 5.75 Å². The molecule has 1 fully saturated rings. The van der Waals surface area contributed by atoms with E-state index in [-0.39, 0.29) is 36.7 Å². The molecule has 0 aliphatic carbocycles. The highest BCUT2D eigenvalue weighted by molar-refractivity contribution is 5.85. The molecule has 0 radical (unpaired) electrons. The van der Waals surface area contributed by atoms with Crippen molar-refractivity contribution in [2.24, 2.45) is 11.1 Å². The van der Waals surface area contributed by atoms with Gasteiger partial charge in [-0.2, -0.15) is 0 Å². The number of fused-ring (bicyclic) bond motifs is 1. The molecule has 0 unspecified atom stereocenters. The number of anilines is 1. The van der Waals surface area contributed by atoms with Crippen LogP contribution in [0, 0.1) is 10.8 Å². The molecule has 0 amide bonds. The van der Waals surface area contributed by atoms with E-state index < -0.39 is 5.41 Å². The van der Waals surface area contributed by atoms with Crippen LogP contribution >= 0.6 is 24.8 Å². The lowest BCUT2D eigenvalue weighted by molar-refractivity contribution is -0.159. The molecule has 4 rings (SSSR count). The second kappa shape index (κ2) is 12.1. The number of carbonyl (C=O) groups excluding carboxylic acids is 1. The zero-order chi connectivity index (χ0) is 22.6. The number of rotatable bonds is 6. The van der Waals surface area contributed by atoms with E-state index in [2.05, 4.69) is 16.0 Å². The van der Waals surface area contributed by atoms with Gasteiger partial charge in [0.2, 0.25) is 0 Å². The molecular formula is C24H33Cl2N5O3. The van der Waals surface area contributed by atoms with Gasteiger partial charge in [-0.15, -0.1) is 24.8 Å². The van der Waals surface area contributed by atoms with Crippen LogP contribution in [0.25, 0.3) is 0 Å². The predicted octanol–water partition coefficient (Wildman–Crippen LogP) is 3.41. The number of benzene rings is 1.